The minimum atomic E-state index is -3.71. The lowest BCUT2D eigenvalue weighted by Crippen LogP contribution is -2.44. The lowest BCUT2D eigenvalue weighted by Gasteiger charge is -2.32. The molecule has 0 aliphatic carbocycles. The molecule has 1 N–H and O–H groups in total. The highest BCUT2D eigenvalue weighted by Crippen LogP contribution is 2.35. The Morgan fingerprint density at radius 3 is 2.81 bits per heavy atom. The van der Waals surface area contributed by atoms with E-state index in [0.29, 0.717) is 12.1 Å². The fourth-order valence-corrected chi connectivity index (χ4v) is 5.74. The average molecular weight is 352 g/mol. The Morgan fingerprint density at radius 2 is 2.24 bits per heavy atom. The van der Waals surface area contributed by atoms with Crippen molar-refractivity contribution < 1.29 is 18.3 Å². The van der Waals surface area contributed by atoms with Gasteiger partial charge in [-0.2, -0.15) is 16.1 Å². The molecule has 1 unspecified atom stereocenters. The molecule has 5 nitrogen and oxygen atoms in total. The van der Waals surface area contributed by atoms with Crippen LogP contribution in [0, 0.1) is 0 Å². The number of rotatable bonds is 4. The summed E-state index contributed by atoms with van der Waals surface area (Å²) in [6.07, 6.45) is 0. The van der Waals surface area contributed by atoms with Gasteiger partial charge < -0.3 is 9.84 Å². The highest BCUT2D eigenvalue weighted by Gasteiger charge is 2.34. The zero-order valence-electron chi connectivity index (χ0n) is 11.9. The Kier molecular flexibility index (Phi) is 5.43. The first-order valence-corrected chi connectivity index (χ1v) is 9.46. The van der Waals surface area contributed by atoms with Crippen LogP contribution < -0.4 is 4.74 Å². The van der Waals surface area contributed by atoms with Crippen LogP contribution >= 0.6 is 23.4 Å². The van der Waals surface area contributed by atoms with Crippen molar-refractivity contribution in [2.45, 2.75) is 24.5 Å². The smallest absolute Gasteiger partial charge is 0.247 e. The zero-order chi connectivity index (χ0) is 15.6. The standard InChI is InChI=1S/C13H18ClNO4S2/c1-9-8-20-4-3-15(9)21(17,18)12-6-11(14)5-10(7-16)13(12)19-2/h5-6,9,16H,3-4,7-8H2,1-2H3. The van der Waals surface area contributed by atoms with Crippen LogP contribution in [-0.2, 0) is 16.6 Å². The number of ether oxygens (including phenoxy) is 1. The van der Waals surface area contributed by atoms with Crippen LogP contribution in [0.5, 0.6) is 5.75 Å². The van der Waals surface area contributed by atoms with Crippen LogP contribution in [0.2, 0.25) is 5.02 Å². The van der Waals surface area contributed by atoms with Crippen LogP contribution in [0.4, 0.5) is 0 Å². The second kappa shape index (κ2) is 6.75. The molecule has 0 amide bonds. The van der Waals surface area contributed by atoms with Gasteiger partial charge in [0.1, 0.15) is 10.6 Å². The van der Waals surface area contributed by atoms with Crippen LogP contribution in [0.3, 0.4) is 0 Å². The maximum atomic E-state index is 12.9. The molecule has 0 spiro atoms. The minimum absolute atomic E-state index is 0.0142. The number of methoxy groups -OCH3 is 1. The Morgan fingerprint density at radius 1 is 1.52 bits per heavy atom. The molecule has 1 aromatic rings. The van der Waals surface area contributed by atoms with Gasteiger partial charge in [-0.25, -0.2) is 8.42 Å². The van der Waals surface area contributed by atoms with E-state index in [-0.39, 0.29) is 28.3 Å². The van der Waals surface area contributed by atoms with E-state index in [2.05, 4.69) is 0 Å². The number of sulfonamides is 1. The second-order valence-corrected chi connectivity index (χ2v) is 8.24. The van der Waals surface area contributed by atoms with Gasteiger partial charge in [-0.05, 0) is 19.1 Å². The van der Waals surface area contributed by atoms with E-state index < -0.39 is 10.0 Å². The summed E-state index contributed by atoms with van der Waals surface area (Å²) in [5, 5.41) is 9.64. The molecule has 1 heterocycles. The normalized spacial score (nSPS) is 20.5. The van der Waals surface area contributed by atoms with Crippen molar-refractivity contribution in [3.8, 4) is 5.75 Å². The number of hydrogen-bond donors (Lipinski definition) is 1. The molecule has 1 aliphatic rings. The van der Waals surface area contributed by atoms with Gasteiger partial charge in [0.25, 0.3) is 0 Å². The van der Waals surface area contributed by atoms with Crippen molar-refractivity contribution in [1.82, 2.24) is 4.31 Å². The van der Waals surface area contributed by atoms with Gasteiger partial charge in [0.2, 0.25) is 10.0 Å². The van der Waals surface area contributed by atoms with Gasteiger partial charge in [0.15, 0.2) is 0 Å². The molecule has 0 aromatic heterocycles. The Labute approximate surface area is 134 Å². The van der Waals surface area contributed by atoms with E-state index in [4.69, 9.17) is 16.3 Å². The van der Waals surface area contributed by atoms with Crippen molar-refractivity contribution in [3.63, 3.8) is 0 Å². The second-order valence-electron chi connectivity index (χ2n) is 4.79. The molecule has 2 rings (SSSR count). The van der Waals surface area contributed by atoms with E-state index in [1.165, 1.54) is 23.5 Å². The molecule has 21 heavy (non-hydrogen) atoms. The summed E-state index contributed by atoms with van der Waals surface area (Å²) in [5.74, 6) is 1.68. The zero-order valence-corrected chi connectivity index (χ0v) is 14.3. The third kappa shape index (κ3) is 3.32. The molecule has 1 saturated heterocycles. The SMILES string of the molecule is COc1c(CO)cc(Cl)cc1S(=O)(=O)N1CCSCC1C. The van der Waals surface area contributed by atoms with Gasteiger partial charge in [0.05, 0.1) is 13.7 Å². The molecule has 0 bridgehead atoms. The fourth-order valence-electron chi connectivity index (χ4n) is 2.36. The largest absolute Gasteiger partial charge is 0.495 e. The molecule has 118 valence electrons. The molecule has 0 radical (unpaired) electrons. The summed E-state index contributed by atoms with van der Waals surface area (Å²) < 4.78 is 32.5. The summed E-state index contributed by atoms with van der Waals surface area (Å²) in [5.41, 5.74) is 0.364. The number of aliphatic hydroxyl groups is 1. The Hall–Kier alpha value is -0.470. The van der Waals surface area contributed by atoms with Crippen LogP contribution in [0.25, 0.3) is 0 Å². The molecule has 1 fully saturated rings. The first kappa shape index (κ1) is 16.9. The Bertz CT molecular complexity index is 621. The predicted octanol–water partition coefficient (Wildman–Crippen LogP) is 1.97. The van der Waals surface area contributed by atoms with E-state index in [9.17, 15) is 13.5 Å². The highest BCUT2D eigenvalue weighted by atomic mass is 35.5. The maximum absolute atomic E-state index is 12.9. The number of halogens is 1. The van der Waals surface area contributed by atoms with Crippen LogP contribution in [0.15, 0.2) is 17.0 Å². The monoisotopic (exact) mass is 351 g/mol. The molecule has 8 heteroatoms. The summed E-state index contributed by atoms with van der Waals surface area (Å²) in [4.78, 5) is 0.0142. The fraction of sp³-hybridized carbons (Fsp3) is 0.538. The van der Waals surface area contributed by atoms with E-state index in [1.54, 1.807) is 11.8 Å². The summed E-state index contributed by atoms with van der Waals surface area (Å²) in [6.45, 7) is 2.00. The van der Waals surface area contributed by atoms with Crippen LogP contribution in [0.1, 0.15) is 12.5 Å². The van der Waals surface area contributed by atoms with Crippen molar-refractivity contribution in [3.05, 3.63) is 22.7 Å². The highest BCUT2D eigenvalue weighted by molar-refractivity contribution is 7.99. The van der Waals surface area contributed by atoms with Crippen molar-refractivity contribution in [1.29, 1.82) is 0 Å². The summed E-state index contributed by atoms with van der Waals surface area (Å²) >= 11 is 7.72. The van der Waals surface area contributed by atoms with E-state index in [0.717, 1.165) is 11.5 Å². The van der Waals surface area contributed by atoms with Gasteiger partial charge in [-0.3, -0.25) is 0 Å². The average Bonchev–Trinajstić information content (AvgIpc) is 2.46. The Balaban J connectivity index is 2.56. The summed E-state index contributed by atoms with van der Waals surface area (Å²) in [7, 11) is -2.32. The van der Waals surface area contributed by atoms with Crippen molar-refractivity contribution in [2.75, 3.05) is 25.2 Å². The van der Waals surface area contributed by atoms with Gasteiger partial charge in [-0.1, -0.05) is 11.6 Å². The quantitative estimate of drug-likeness (QED) is 0.898. The van der Waals surface area contributed by atoms with Gasteiger partial charge in [0, 0.05) is 34.7 Å². The maximum Gasteiger partial charge on any atom is 0.247 e. The molecule has 1 aliphatic heterocycles. The minimum Gasteiger partial charge on any atom is -0.495 e. The molecular formula is C13H18ClNO4S2. The predicted molar refractivity (Wildman–Crippen MR) is 84.6 cm³/mol. The first-order chi connectivity index (χ1) is 9.91. The lowest BCUT2D eigenvalue weighted by molar-refractivity contribution is 0.272. The number of benzene rings is 1. The lowest BCUT2D eigenvalue weighted by atomic mass is 10.2. The topological polar surface area (TPSA) is 66.8 Å². The van der Waals surface area contributed by atoms with Crippen molar-refractivity contribution >= 4 is 33.4 Å². The molecule has 1 aromatic carbocycles. The number of nitrogens with zero attached hydrogens (tertiary/aromatic N) is 1. The molecule has 1 atom stereocenters. The number of hydrogen-bond acceptors (Lipinski definition) is 5. The van der Waals surface area contributed by atoms with Crippen molar-refractivity contribution in [2.24, 2.45) is 0 Å². The van der Waals surface area contributed by atoms with Crippen LogP contribution in [-0.4, -0.2) is 49.0 Å². The number of thioether (sulfide) groups is 1. The number of aliphatic hydroxyl groups excluding tert-OH is 1. The van der Waals surface area contributed by atoms with E-state index in [1.807, 2.05) is 6.92 Å². The third-order valence-corrected chi connectivity index (χ3v) is 6.79. The first-order valence-electron chi connectivity index (χ1n) is 6.48. The summed E-state index contributed by atoms with van der Waals surface area (Å²) in [6, 6.07) is 2.80. The molecular weight excluding hydrogens is 334 g/mol. The molecule has 0 saturated carbocycles. The third-order valence-electron chi connectivity index (χ3n) is 3.36. The van der Waals surface area contributed by atoms with Gasteiger partial charge >= 0.3 is 0 Å². The van der Waals surface area contributed by atoms with E-state index >= 15 is 0 Å². The van der Waals surface area contributed by atoms with Gasteiger partial charge in [-0.15, -0.1) is 0 Å².